The van der Waals surface area contributed by atoms with Crippen LogP contribution in [-0.4, -0.2) is 26.7 Å². The molecule has 0 saturated carbocycles. The van der Waals surface area contributed by atoms with Gasteiger partial charge in [0.2, 0.25) is 0 Å². The highest BCUT2D eigenvalue weighted by molar-refractivity contribution is 5.99. The largest absolute Gasteiger partial charge is 0.496 e. The number of amides is 1. The number of benzene rings is 1. The quantitative estimate of drug-likeness (QED) is 0.758. The van der Waals surface area contributed by atoms with Gasteiger partial charge in [-0.3, -0.25) is 4.79 Å². The van der Waals surface area contributed by atoms with Gasteiger partial charge in [0, 0.05) is 6.54 Å². The highest BCUT2D eigenvalue weighted by atomic mass is 16.5. The number of methoxy groups -OCH3 is 2. The monoisotopic (exact) mass is 251 g/mol. The minimum atomic E-state index is -0.152. The normalized spacial score (nSPS) is 9.94. The second-order valence-corrected chi connectivity index (χ2v) is 4.00. The summed E-state index contributed by atoms with van der Waals surface area (Å²) in [6.07, 6.45) is 3.23. The Labute approximate surface area is 108 Å². The number of rotatable bonds is 7. The second kappa shape index (κ2) is 7.58. The van der Waals surface area contributed by atoms with Crippen LogP contribution in [0.4, 0.5) is 0 Å². The fourth-order valence-corrected chi connectivity index (χ4v) is 1.74. The molecule has 1 rings (SSSR count). The predicted molar refractivity (Wildman–Crippen MR) is 71.4 cm³/mol. The summed E-state index contributed by atoms with van der Waals surface area (Å²) in [7, 11) is 3.09. The second-order valence-electron chi connectivity index (χ2n) is 4.00. The molecule has 0 radical (unpaired) electrons. The maximum atomic E-state index is 12.1. The Hall–Kier alpha value is -1.71. The van der Waals surface area contributed by atoms with Crippen LogP contribution in [-0.2, 0) is 0 Å². The molecule has 0 spiro atoms. The fraction of sp³-hybridized carbons (Fsp3) is 0.500. The van der Waals surface area contributed by atoms with Gasteiger partial charge in [-0.2, -0.15) is 0 Å². The lowest BCUT2D eigenvalue weighted by Gasteiger charge is -2.12. The van der Waals surface area contributed by atoms with Crippen molar-refractivity contribution in [3.63, 3.8) is 0 Å². The van der Waals surface area contributed by atoms with Crippen LogP contribution < -0.4 is 14.8 Å². The Morgan fingerprint density at radius 2 is 1.78 bits per heavy atom. The zero-order valence-corrected chi connectivity index (χ0v) is 11.3. The van der Waals surface area contributed by atoms with Crippen LogP contribution in [0.2, 0.25) is 0 Å². The zero-order valence-electron chi connectivity index (χ0n) is 11.3. The van der Waals surface area contributed by atoms with Gasteiger partial charge in [0.15, 0.2) is 0 Å². The van der Waals surface area contributed by atoms with Crippen LogP contribution in [0.15, 0.2) is 18.2 Å². The van der Waals surface area contributed by atoms with Gasteiger partial charge in [-0.05, 0) is 18.6 Å². The maximum Gasteiger partial charge on any atom is 0.258 e. The van der Waals surface area contributed by atoms with Gasteiger partial charge in [-0.25, -0.2) is 0 Å². The van der Waals surface area contributed by atoms with Crippen molar-refractivity contribution < 1.29 is 14.3 Å². The molecule has 0 aliphatic heterocycles. The van der Waals surface area contributed by atoms with E-state index in [1.807, 2.05) is 0 Å². The predicted octanol–water partition coefficient (Wildman–Crippen LogP) is 2.62. The number of nitrogens with one attached hydrogen (secondary N) is 1. The molecule has 0 unspecified atom stereocenters. The molecule has 100 valence electrons. The Morgan fingerprint density at radius 3 is 2.28 bits per heavy atom. The van der Waals surface area contributed by atoms with Gasteiger partial charge < -0.3 is 14.8 Å². The van der Waals surface area contributed by atoms with E-state index >= 15 is 0 Å². The molecule has 1 aromatic carbocycles. The van der Waals surface area contributed by atoms with Crippen molar-refractivity contribution in [3.05, 3.63) is 23.8 Å². The van der Waals surface area contributed by atoms with Crippen molar-refractivity contribution in [1.29, 1.82) is 0 Å². The first-order chi connectivity index (χ1) is 8.74. The van der Waals surface area contributed by atoms with Gasteiger partial charge in [0.05, 0.1) is 14.2 Å². The van der Waals surface area contributed by atoms with E-state index in [9.17, 15) is 4.79 Å². The highest BCUT2D eigenvalue weighted by Crippen LogP contribution is 2.27. The fourth-order valence-electron chi connectivity index (χ4n) is 1.74. The first-order valence-corrected chi connectivity index (χ1v) is 6.23. The van der Waals surface area contributed by atoms with Crippen LogP contribution in [0.5, 0.6) is 11.5 Å². The molecule has 4 heteroatoms. The number of hydrogen-bond donors (Lipinski definition) is 1. The first kappa shape index (κ1) is 14.4. The van der Waals surface area contributed by atoms with Crippen LogP contribution in [0, 0.1) is 0 Å². The van der Waals surface area contributed by atoms with E-state index in [2.05, 4.69) is 12.2 Å². The summed E-state index contributed by atoms with van der Waals surface area (Å²) in [5.74, 6) is 0.907. The topological polar surface area (TPSA) is 47.6 Å². The Kier molecular flexibility index (Phi) is 6.05. The summed E-state index contributed by atoms with van der Waals surface area (Å²) in [6.45, 7) is 2.80. The van der Waals surface area contributed by atoms with E-state index in [4.69, 9.17) is 9.47 Å². The molecule has 0 bridgehead atoms. The summed E-state index contributed by atoms with van der Waals surface area (Å²) >= 11 is 0. The molecule has 18 heavy (non-hydrogen) atoms. The molecule has 0 aliphatic rings. The lowest BCUT2D eigenvalue weighted by Crippen LogP contribution is -2.25. The van der Waals surface area contributed by atoms with E-state index in [1.165, 1.54) is 0 Å². The summed E-state index contributed by atoms with van der Waals surface area (Å²) in [5.41, 5.74) is 0.457. The molecule has 1 amide bonds. The lowest BCUT2D eigenvalue weighted by atomic mass is 10.1. The third-order valence-corrected chi connectivity index (χ3v) is 2.72. The molecule has 0 aliphatic carbocycles. The molecular formula is C14H21NO3. The van der Waals surface area contributed by atoms with Gasteiger partial charge in [-0.1, -0.05) is 25.8 Å². The summed E-state index contributed by atoms with van der Waals surface area (Å²) < 4.78 is 10.4. The molecular weight excluding hydrogens is 230 g/mol. The Balaban J connectivity index is 2.76. The Morgan fingerprint density at radius 1 is 1.17 bits per heavy atom. The van der Waals surface area contributed by atoms with Gasteiger partial charge in [0.25, 0.3) is 5.91 Å². The highest BCUT2D eigenvalue weighted by Gasteiger charge is 2.17. The van der Waals surface area contributed by atoms with Gasteiger partial charge in [-0.15, -0.1) is 0 Å². The average molecular weight is 251 g/mol. The standard InChI is InChI=1S/C14H21NO3/c1-4-5-6-10-15-14(16)13-11(17-2)8-7-9-12(13)18-3/h7-9H,4-6,10H2,1-3H3,(H,15,16). The van der Waals surface area contributed by atoms with Crippen LogP contribution >= 0.6 is 0 Å². The van der Waals surface area contributed by atoms with Crippen molar-refractivity contribution in [3.8, 4) is 11.5 Å². The van der Waals surface area contributed by atoms with E-state index in [-0.39, 0.29) is 5.91 Å². The van der Waals surface area contributed by atoms with Crippen LogP contribution in [0.1, 0.15) is 36.5 Å². The average Bonchev–Trinajstić information content (AvgIpc) is 2.42. The minimum Gasteiger partial charge on any atom is -0.496 e. The van der Waals surface area contributed by atoms with Crippen molar-refractivity contribution in [2.24, 2.45) is 0 Å². The van der Waals surface area contributed by atoms with E-state index in [1.54, 1.807) is 32.4 Å². The van der Waals surface area contributed by atoms with Crippen molar-refractivity contribution >= 4 is 5.91 Å². The number of ether oxygens (including phenoxy) is 2. The summed E-state index contributed by atoms with van der Waals surface area (Å²) in [6, 6.07) is 5.30. The molecule has 1 N–H and O–H groups in total. The first-order valence-electron chi connectivity index (χ1n) is 6.23. The summed E-state index contributed by atoms with van der Waals surface area (Å²) in [4.78, 5) is 12.1. The number of carbonyl (C=O) groups is 1. The summed E-state index contributed by atoms with van der Waals surface area (Å²) in [5, 5.41) is 2.88. The smallest absolute Gasteiger partial charge is 0.258 e. The van der Waals surface area contributed by atoms with Crippen molar-refractivity contribution in [2.75, 3.05) is 20.8 Å². The molecule has 0 heterocycles. The third-order valence-electron chi connectivity index (χ3n) is 2.72. The number of carbonyl (C=O) groups excluding carboxylic acids is 1. The molecule has 0 aromatic heterocycles. The van der Waals surface area contributed by atoms with Crippen LogP contribution in [0.3, 0.4) is 0 Å². The van der Waals surface area contributed by atoms with Gasteiger partial charge >= 0.3 is 0 Å². The molecule has 4 nitrogen and oxygen atoms in total. The van der Waals surface area contributed by atoms with E-state index in [0.29, 0.717) is 23.6 Å². The van der Waals surface area contributed by atoms with Gasteiger partial charge in [0.1, 0.15) is 17.1 Å². The number of unbranched alkanes of at least 4 members (excludes halogenated alkanes) is 2. The van der Waals surface area contributed by atoms with Crippen LogP contribution in [0.25, 0.3) is 0 Å². The van der Waals surface area contributed by atoms with E-state index < -0.39 is 0 Å². The van der Waals surface area contributed by atoms with Crippen molar-refractivity contribution in [1.82, 2.24) is 5.32 Å². The zero-order chi connectivity index (χ0) is 13.4. The van der Waals surface area contributed by atoms with Crippen molar-refractivity contribution in [2.45, 2.75) is 26.2 Å². The maximum absolute atomic E-state index is 12.1. The minimum absolute atomic E-state index is 0.152. The Bertz CT molecular complexity index is 368. The third kappa shape index (κ3) is 3.65. The SMILES string of the molecule is CCCCCNC(=O)c1c(OC)cccc1OC. The molecule has 0 atom stereocenters. The number of hydrogen-bond acceptors (Lipinski definition) is 3. The molecule has 0 fully saturated rings. The molecule has 1 aromatic rings. The molecule has 0 saturated heterocycles. The van der Waals surface area contributed by atoms with E-state index in [0.717, 1.165) is 19.3 Å². The lowest BCUT2D eigenvalue weighted by molar-refractivity contribution is 0.0946.